The summed E-state index contributed by atoms with van der Waals surface area (Å²) in [7, 11) is 0. The number of unbranched alkanes of at least 4 members (excludes halogenated alkanes) is 1. The molecule has 1 aromatic rings. The molecule has 0 aliphatic carbocycles. The smallest absolute Gasteiger partial charge is 0.276 e. The molecule has 1 spiro atoms. The molecule has 0 radical (unpaired) electrons. The molecule has 2 amide bonds. The highest BCUT2D eigenvalue weighted by atomic mass is 16.2. The van der Waals surface area contributed by atoms with Crippen LogP contribution in [0.4, 0.5) is 0 Å². The molecule has 1 aromatic heterocycles. The molecule has 8 nitrogen and oxygen atoms in total. The van der Waals surface area contributed by atoms with Crippen molar-refractivity contribution in [2.24, 2.45) is 11.1 Å². The Morgan fingerprint density at radius 2 is 2.15 bits per heavy atom. The third-order valence-corrected chi connectivity index (χ3v) is 5.59. The second-order valence-corrected chi connectivity index (χ2v) is 7.65. The molecular weight excluding hydrogens is 332 g/mol. The van der Waals surface area contributed by atoms with Crippen molar-refractivity contribution >= 4 is 11.8 Å². The molecule has 2 aliphatic rings. The van der Waals surface area contributed by atoms with E-state index in [0.717, 1.165) is 51.7 Å². The highest BCUT2D eigenvalue weighted by Crippen LogP contribution is 2.39. The molecule has 0 aromatic carbocycles. The Kier molecular flexibility index (Phi) is 5.90. The van der Waals surface area contributed by atoms with Gasteiger partial charge in [0.1, 0.15) is 0 Å². The van der Waals surface area contributed by atoms with Crippen molar-refractivity contribution < 1.29 is 9.59 Å². The van der Waals surface area contributed by atoms with Crippen molar-refractivity contribution in [3.8, 4) is 0 Å². The predicted molar refractivity (Wildman–Crippen MR) is 97.4 cm³/mol. The van der Waals surface area contributed by atoms with Gasteiger partial charge in [-0.2, -0.15) is 0 Å². The summed E-state index contributed by atoms with van der Waals surface area (Å²) in [5, 5.41) is 7.98. The topological polar surface area (TPSA) is 97.3 Å². The molecule has 26 heavy (non-hydrogen) atoms. The zero-order chi connectivity index (χ0) is 18.6. The number of hydrogen-bond acceptors (Lipinski definition) is 5. The van der Waals surface area contributed by atoms with Gasteiger partial charge in [0.25, 0.3) is 5.91 Å². The van der Waals surface area contributed by atoms with E-state index >= 15 is 0 Å². The number of rotatable bonds is 6. The first-order valence-electron chi connectivity index (χ1n) is 9.74. The van der Waals surface area contributed by atoms with E-state index in [2.05, 4.69) is 17.2 Å². The summed E-state index contributed by atoms with van der Waals surface area (Å²) >= 11 is 0. The summed E-state index contributed by atoms with van der Waals surface area (Å²) in [6.07, 6.45) is 7.31. The third-order valence-electron chi connectivity index (χ3n) is 5.59. The first-order valence-corrected chi connectivity index (χ1v) is 9.74. The van der Waals surface area contributed by atoms with Crippen LogP contribution in [0.3, 0.4) is 0 Å². The molecule has 2 N–H and O–H groups in total. The maximum atomic E-state index is 12.9. The fraction of sp³-hybridized carbons (Fsp3) is 0.778. The second-order valence-electron chi connectivity index (χ2n) is 7.65. The van der Waals surface area contributed by atoms with Crippen LogP contribution >= 0.6 is 0 Å². The molecule has 2 saturated heterocycles. The van der Waals surface area contributed by atoms with E-state index in [0.29, 0.717) is 31.7 Å². The van der Waals surface area contributed by atoms with Crippen molar-refractivity contribution in [1.82, 2.24) is 24.8 Å². The van der Waals surface area contributed by atoms with Crippen molar-refractivity contribution in [3.05, 3.63) is 11.9 Å². The van der Waals surface area contributed by atoms with Gasteiger partial charge in [0, 0.05) is 44.6 Å². The third kappa shape index (κ3) is 4.06. The molecule has 8 heteroatoms. The van der Waals surface area contributed by atoms with Crippen LogP contribution in [0, 0.1) is 5.41 Å². The number of carbonyl (C=O) groups is 2. The largest absolute Gasteiger partial charge is 0.342 e. The molecule has 3 rings (SSSR count). The molecule has 144 valence electrons. The second kappa shape index (κ2) is 8.16. The Labute approximate surface area is 154 Å². The van der Waals surface area contributed by atoms with Gasteiger partial charge in [-0.3, -0.25) is 14.3 Å². The summed E-state index contributed by atoms with van der Waals surface area (Å²) in [5.41, 5.74) is 5.94. The molecule has 0 unspecified atom stereocenters. The zero-order valence-electron chi connectivity index (χ0n) is 15.7. The minimum Gasteiger partial charge on any atom is -0.342 e. The van der Waals surface area contributed by atoms with Gasteiger partial charge >= 0.3 is 0 Å². The van der Waals surface area contributed by atoms with Crippen LogP contribution in [0.2, 0.25) is 0 Å². The van der Waals surface area contributed by atoms with Crippen LogP contribution in [-0.2, 0) is 11.3 Å². The van der Waals surface area contributed by atoms with Crippen LogP contribution in [0.5, 0.6) is 0 Å². The van der Waals surface area contributed by atoms with Crippen molar-refractivity contribution in [2.45, 2.75) is 52.0 Å². The summed E-state index contributed by atoms with van der Waals surface area (Å²) < 4.78 is 1.61. The van der Waals surface area contributed by atoms with Gasteiger partial charge in [-0.25, -0.2) is 0 Å². The zero-order valence-corrected chi connectivity index (χ0v) is 15.7. The van der Waals surface area contributed by atoms with E-state index in [4.69, 9.17) is 5.73 Å². The molecule has 0 saturated carbocycles. The Morgan fingerprint density at radius 3 is 2.92 bits per heavy atom. The summed E-state index contributed by atoms with van der Waals surface area (Å²) in [6.45, 7) is 6.21. The van der Waals surface area contributed by atoms with Crippen molar-refractivity contribution in [1.29, 1.82) is 0 Å². The van der Waals surface area contributed by atoms with Crippen LogP contribution in [0.25, 0.3) is 0 Å². The molecule has 2 fully saturated rings. The lowest BCUT2D eigenvalue weighted by molar-refractivity contribution is -0.139. The highest BCUT2D eigenvalue weighted by Gasteiger charge is 2.42. The fourth-order valence-corrected chi connectivity index (χ4v) is 4.17. The average Bonchev–Trinajstić information content (AvgIpc) is 3.11. The van der Waals surface area contributed by atoms with Crippen molar-refractivity contribution in [3.63, 3.8) is 0 Å². The SMILES string of the molecule is CCCCN1C[C@]2(CCCN(C(=O)c3cn(CCN)nn3)C2)CCC1=O. The minimum absolute atomic E-state index is 0.0306. The molecule has 0 bridgehead atoms. The van der Waals surface area contributed by atoms with Gasteiger partial charge in [-0.15, -0.1) is 5.10 Å². The van der Waals surface area contributed by atoms with E-state index in [9.17, 15) is 9.59 Å². The number of hydrogen-bond donors (Lipinski definition) is 1. The Bertz CT molecular complexity index is 645. The number of nitrogens with zero attached hydrogens (tertiary/aromatic N) is 5. The Hall–Kier alpha value is -1.96. The Balaban J connectivity index is 1.67. The van der Waals surface area contributed by atoms with E-state index < -0.39 is 0 Å². The monoisotopic (exact) mass is 362 g/mol. The van der Waals surface area contributed by atoms with Gasteiger partial charge in [-0.05, 0) is 25.7 Å². The summed E-state index contributed by atoms with van der Waals surface area (Å²) in [5.74, 6) is 0.196. The first kappa shape index (κ1) is 18.8. The minimum atomic E-state index is -0.0654. The van der Waals surface area contributed by atoms with Crippen LogP contribution in [-0.4, -0.2) is 69.3 Å². The number of piperidine rings is 2. The number of carbonyl (C=O) groups excluding carboxylic acids is 2. The summed E-state index contributed by atoms with van der Waals surface area (Å²) in [4.78, 5) is 29.0. The predicted octanol–water partition coefficient (Wildman–Crippen LogP) is 0.882. The number of aromatic nitrogens is 3. The lowest BCUT2D eigenvalue weighted by Gasteiger charge is -2.48. The van der Waals surface area contributed by atoms with Gasteiger partial charge in [0.2, 0.25) is 5.91 Å². The molecule has 3 heterocycles. The van der Waals surface area contributed by atoms with Crippen LogP contribution in [0.1, 0.15) is 55.9 Å². The molecule has 2 aliphatic heterocycles. The highest BCUT2D eigenvalue weighted by molar-refractivity contribution is 5.92. The molecular formula is C18H30N6O2. The lowest BCUT2D eigenvalue weighted by atomic mass is 9.73. The standard InChI is InChI=1S/C18H30N6O2/c1-2-3-9-22-13-18(7-5-16(22)25)6-4-10-23(14-18)17(26)15-12-24(11-8-19)21-20-15/h12H,2-11,13-14,19H2,1H3/t18-/m0/s1. The number of likely N-dealkylation sites (tertiary alicyclic amines) is 2. The van der Waals surface area contributed by atoms with E-state index in [-0.39, 0.29) is 17.2 Å². The number of amides is 2. The van der Waals surface area contributed by atoms with Gasteiger partial charge in [0.15, 0.2) is 5.69 Å². The number of nitrogens with two attached hydrogens (primary N) is 1. The molecule has 1 atom stereocenters. The fourth-order valence-electron chi connectivity index (χ4n) is 4.17. The van der Waals surface area contributed by atoms with Gasteiger partial charge in [0.05, 0.1) is 12.7 Å². The lowest BCUT2D eigenvalue weighted by Crippen LogP contribution is -2.55. The maximum absolute atomic E-state index is 12.9. The van der Waals surface area contributed by atoms with E-state index in [1.807, 2.05) is 9.80 Å². The average molecular weight is 362 g/mol. The summed E-state index contributed by atoms with van der Waals surface area (Å²) in [6, 6.07) is 0. The quantitative estimate of drug-likeness (QED) is 0.810. The van der Waals surface area contributed by atoms with E-state index in [1.165, 1.54) is 0 Å². The van der Waals surface area contributed by atoms with Crippen LogP contribution < -0.4 is 5.73 Å². The van der Waals surface area contributed by atoms with E-state index in [1.54, 1.807) is 10.9 Å². The first-order chi connectivity index (χ1) is 12.6. The maximum Gasteiger partial charge on any atom is 0.276 e. The van der Waals surface area contributed by atoms with Crippen LogP contribution in [0.15, 0.2) is 6.20 Å². The normalized spacial score (nSPS) is 23.7. The van der Waals surface area contributed by atoms with Gasteiger partial charge < -0.3 is 15.5 Å². The van der Waals surface area contributed by atoms with Gasteiger partial charge in [-0.1, -0.05) is 18.6 Å². The Morgan fingerprint density at radius 1 is 1.31 bits per heavy atom. The van der Waals surface area contributed by atoms with Crippen molar-refractivity contribution in [2.75, 3.05) is 32.7 Å².